The molecule has 0 fully saturated rings. The highest BCUT2D eigenvalue weighted by Crippen LogP contribution is 2.22. The summed E-state index contributed by atoms with van der Waals surface area (Å²) in [5.41, 5.74) is 2.48. The van der Waals surface area contributed by atoms with E-state index >= 15 is 0 Å². The van der Waals surface area contributed by atoms with E-state index in [1.807, 2.05) is 55.3 Å². The van der Waals surface area contributed by atoms with Crippen molar-refractivity contribution in [3.8, 4) is 0 Å². The molecule has 1 heterocycles. The average Bonchev–Trinajstić information content (AvgIpc) is 2.35. The third-order valence-electron chi connectivity index (χ3n) is 2.57. The fourth-order valence-electron chi connectivity index (χ4n) is 1.85. The van der Waals surface area contributed by atoms with Crippen molar-refractivity contribution in [2.75, 3.05) is 20.6 Å². The Hall–Kier alpha value is -1.96. The minimum absolute atomic E-state index is 0.581. The van der Waals surface area contributed by atoms with E-state index in [2.05, 4.69) is 4.98 Å². The van der Waals surface area contributed by atoms with Crippen LogP contribution in [0.5, 0.6) is 0 Å². The van der Waals surface area contributed by atoms with Gasteiger partial charge in [0, 0.05) is 23.7 Å². The predicted molar refractivity (Wildman–Crippen MR) is 69.4 cm³/mol. The van der Waals surface area contributed by atoms with Crippen molar-refractivity contribution in [1.82, 2.24) is 9.88 Å². The smallest absolute Gasteiger partial charge is 0.129 e. The number of rotatable bonds is 3. The molecule has 1 aromatic carbocycles. The van der Waals surface area contributed by atoms with Crippen molar-refractivity contribution in [3.63, 3.8) is 0 Å². The SMILES string of the molecule is CN(C)CC(=C=O)c1ccnc2ccccc12. The molecule has 0 aliphatic carbocycles. The fourth-order valence-corrected chi connectivity index (χ4v) is 1.85. The van der Waals surface area contributed by atoms with E-state index in [4.69, 9.17) is 0 Å². The topological polar surface area (TPSA) is 33.2 Å². The number of benzene rings is 1. The van der Waals surface area contributed by atoms with Gasteiger partial charge in [0.2, 0.25) is 0 Å². The second-order valence-corrected chi connectivity index (χ2v) is 4.19. The minimum Gasteiger partial charge on any atom is -0.304 e. The third kappa shape index (κ3) is 2.41. The Morgan fingerprint density at radius 2 is 2.06 bits per heavy atom. The fraction of sp³-hybridized carbons (Fsp3) is 0.214. The second-order valence-electron chi connectivity index (χ2n) is 4.19. The van der Waals surface area contributed by atoms with Gasteiger partial charge in [0.25, 0.3) is 0 Å². The number of nitrogens with zero attached hydrogens (tertiary/aromatic N) is 2. The first-order chi connectivity index (χ1) is 8.22. The number of carbonyl (C=O) groups excluding carboxylic acids is 1. The predicted octanol–water partition coefficient (Wildman–Crippen LogP) is 2.01. The first kappa shape index (κ1) is 11.5. The van der Waals surface area contributed by atoms with E-state index in [1.54, 1.807) is 6.20 Å². The lowest BCUT2D eigenvalue weighted by atomic mass is 10.0. The van der Waals surface area contributed by atoms with Crippen LogP contribution < -0.4 is 0 Å². The summed E-state index contributed by atoms with van der Waals surface area (Å²) < 4.78 is 0. The van der Waals surface area contributed by atoms with E-state index in [0.717, 1.165) is 16.5 Å². The van der Waals surface area contributed by atoms with Crippen LogP contribution in [0.15, 0.2) is 36.5 Å². The third-order valence-corrected chi connectivity index (χ3v) is 2.57. The van der Waals surface area contributed by atoms with E-state index in [9.17, 15) is 4.79 Å². The Bertz CT molecular complexity index is 578. The Balaban J connectivity index is 2.58. The molecule has 0 saturated heterocycles. The van der Waals surface area contributed by atoms with Gasteiger partial charge in [-0.3, -0.25) is 4.98 Å². The molecule has 0 aliphatic rings. The van der Waals surface area contributed by atoms with Crippen LogP contribution in [0.2, 0.25) is 0 Å². The lowest BCUT2D eigenvalue weighted by Gasteiger charge is -2.12. The Morgan fingerprint density at radius 1 is 1.29 bits per heavy atom. The highest BCUT2D eigenvalue weighted by Gasteiger charge is 2.08. The van der Waals surface area contributed by atoms with Crippen molar-refractivity contribution >= 4 is 22.4 Å². The van der Waals surface area contributed by atoms with E-state index < -0.39 is 0 Å². The quantitative estimate of drug-likeness (QED) is 0.751. The van der Waals surface area contributed by atoms with Gasteiger partial charge in [-0.25, -0.2) is 4.79 Å². The van der Waals surface area contributed by atoms with Crippen LogP contribution in [-0.4, -0.2) is 36.5 Å². The molecule has 0 unspecified atom stereocenters. The number of likely N-dealkylation sites (N-methyl/N-ethyl adjacent to an activating group) is 1. The van der Waals surface area contributed by atoms with Gasteiger partial charge in [0.1, 0.15) is 5.94 Å². The molecule has 0 radical (unpaired) electrons. The second kappa shape index (κ2) is 4.91. The molecule has 17 heavy (non-hydrogen) atoms. The van der Waals surface area contributed by atoms with Crippen LogP contribution in [0.3, 0.4) is 0 Å². The van der Waals surface area contributed by atoms with Crippen LogP contribution in [0.25, 0.3) is 16.5 Å². The molecule has 0 amide bonds. The van der Waals surface area contributed by atoms with Gasteiger partial charge in [-0.1, -0.05) is 18.2 Å². The van der Waals surface area contributed by atoms with Gasteiger partial charge in [-0.2, -0.15) is 0 Å². The van der Waals surface area contributed by atoms with Crippen LogP contribution in [0.4, 0.5) is 0 Å². The molecule has 0 bridgehead atoms. The lowest BCUT2D eigenvalue weighted by molar-refractivity contribution is 0.463. The maximum Gasteiger partial charge on any atom is 0.129 e. The highest BCUT2D eigenvalue weighted by molar-refractivity contribution is 5.99. The standard InChI is InChI=1S/C14H14N2O/c1-16(2)9-11(10-17)12-7-8-15-14-6-4-3-5-13(12)14/h3-8H,9H2,1-2H3. The van der Waals surface area contributed by atoms with E-state index in [-0.39, 0.29) is 0 Å². The summed E-state index contributed by atoms with van der Waals surface area (Å²) in [4.78, 5) is 17.3. The largest absolute Gasteiger partial charge is 0.304 e. The molecule has 3 nitrogen and oxygen atoms in total. The van der Waals surface area contributed by atoms with Gasteiger partial charge >= 0.3 is 0 Å². The van der Waals surface area contributed by atoms with Crippen molar-refractivity contribution < 1.29 is 4.79 Å². The van der Waals surface area contributed by atoms with Gasteiger partial charge in [-0.05, 0) is 26.2 Å². The number of pyridine rings is 1. The number of aromatic nitrogens is 1. The molecule has 2 aromatic rings. The van der Waals surface area contributed by atoms with Crippen molar-refractivity contribution in [2.45, 2.75) is 0 Å². The molecule has 0 aliphatic heterocycles. The van der Waals surface area contributed by atoms with Crippen molar-refractivity contribution in [3.05, 3.63) is 42.1 Å². The molecular formula is C14H14N2O. The minimum atomic E-state index is 0.581. The summed E-state index contributed by atoms with van der Waals surface area (Å²) in [6, 6.07) is 9.68. The maximum absolute atomic E-state index is 11.1. The zero-order valence-corrected chi connectivity index (χ0v) is 9.97. The van der Waals surface area contributed by atoms with Crippen molar-refractivity contribution in [1.29, 1.82) is 0 Å². The Labute approximate surface area is 100 Å². The molecule has 0 N–H and O–H groups in total. The van der Waals surface area contributed by atoms with Gasteiger partial charge in [-0.15, -0.1) is 0 Å². The summed E-state index contributed by atoms with van der Waals surface area (Å²) >= 11 is 0. The molecule has 0 atom stereocenters. The zero-order valence-electron chi connectivity index (χ0n) is 9.97. The van der Waals surface area contributed by atoms with Crippen LogP contribution in [-0.2, 0) is 4.79 Å². The molecule has 0 saturated carbocycles. The number of fused-ring (bicyclic) bond motifs is 1. The Morgan fingerprint density at radius 3 is 2.76 bits per heavy atom. The molecule has 1 aromatic heterocycles. The number of hydrogen-bond donors (Lipinski definition) is 0. The maximum atomic E-state index is 11.1. The molecule has 2 rings (SSSR count). The van der Waals surface area contributed by atoms with Gasteiger partial charge in [0.15, 0.2) is 0 Å². The van der Waals surface area contributed by atoms with Crippen LogP contribution in [0, 0.1) is 0 Å². The first-order valence-electron chi connectivity index (χ1n) is 5.45. The van der Waals surface area contributed by atoms with Crippen LogP contribution >= 0.6 is 0 Å². The first-order valence-corrected chi connectivity index (χ1v) is 5.45. The molecule has 0 spiro atoms. The Kier molecular flexibility index (Phi) is 3.33. The number of para-hydroxylation sites is 1. The normalized spacial score (nSPS) is 10.5. The van der Waals surface area contributed by atoms with Crippen LogP contribution in [0.1, 0.15) is 5.56 Å². The zero-order chi connectivity index (χ0) is 12.3. The molecule has 86 valence electrons. The highest BCUT2D eigenvalue weighted by atomic mass is 16.1. The summed E-state index contributed by atoms with van der Waals surface area (Å²) in [7, 11) is 3.86. The molecule has 3 heteroatoms. The summed E-state index contributed by atoms with van der Waals surface area (Å²) in [5.74, 6) is 2.04. The van der Waals surface area contributed by atoms with Gasteiger partial charge in [0.05, 0.1) is 11.1 Å². The van der Waals surface area contributed by atoms with Gasteiger partial charge < -0.3 is 4.90 Å². The molecular weight excluding hydrogens is 212 g/mol. The summed E-state index contributed by atoms with van der Waals surface area (Å²) in [6.45, 7) is 0.581. The summed E-state index contributed by atoms with van der Waals surface area (Å²) in [5, 5.41) is 0.996. The summed E-state index contributed by atoms with van der Waals surface area (Å²) in [6.07, 6.45) is 1.73. The average molecular weight is 226 g/mol. The van der Waals surface area contributed by atoms with Crippen molar-refractivity contribution in [2.24, 2.45) is 0 Å². The number of hydrogen-bond acceptors (Lipinski definition) is 3. The lowest BCUT2D eigenvalue weighted by Crippen LogP contribution is -2.15. The monoisotopic (exact) mass is 226 g/mol. The van der Waals surface area contributed by atoms with E-state index in [0.29, 0.717) is 12.1 Å². The van der Waals surface area contributed by atoms with E-state index in [1.165, 1.54) is 0 Å².